The molecule has 0 radical (unpaired) electrons. The Morgan fingerprint density at radius 1 is 1.10 bits per heavy atom. The van der Waals surface area contributed by atoms with Gasteiger partial charge in [-0.15, -0.1) is 5.10 Å². The number of aromatic nitrogens is 4. The first kappa shape index (κ1) is 48.6. The number of unbranched alkanes of at least 4 members (excludes halogenated alkanes) is 1. The third kappa shape index (κ3) is 11.7. The van der Waals surface area contributed by atoms with Crippen molar-refractivity contribution in [3.05, 3.63) is 24.4 Å². The lowest BCUT2D eigenvalue weighted by Gasteiger charge is -2.40. The second-order valence-electron chi connectivity index (χ2n) is 17.0. The lowest BCUT2D eigenvalue weighted by Crippen LogP contribution is -2.60. The fourth-order valence-corrected chi connectivity index (χ4v) is 9.03. The fraction of sp³-hybridized carbons (Fsp3) is 0.744. The molecule has 0 aromatic carbocycles. The minimum Gasteiger partial charge on any atom is -0.458 e. The van der Waals surface area contributed by atoms with Gasteiger partial charge in [-0.2, -0.15) is 0 Å². The molecule has 12 atom stereocenters. The Balaban J connectivity index is 1.60. The predicted octanol–water partition coefficient (Wildman–Crippen LogP) is 4.12. The zero-order chi connectivity index (χ0) is 44.3. The largest absolute Gasteiger partial charge is 0.458 e. The van der Waals surface area contributed by atoms with Gasteiger partial charge in [-0.05, 0) is 104 Å². The smallest absolute Gasteiger partial charge is 0.410 e. The number of nitrogens with two attached hydrogens (primary N) is 1. The van der Waals surface area contributed by atoms with E-state index in [-0.39, 0.29) is 31.0 Å². The predicted molar refractivity (Wildman–Crippen MR) is 225 cm³/mol. The molecular weight excluding hydrogens is 773 g/mol. The molecule has 1 amide bonds. The Bertz CT molecular complexity index is 1710. The van der Waals surface area contributed by atoms with Crippen LogP contribution < -0.4 is 11.1 Å². The van der Waals surface area contributed by atoms with E-state index < -0.39 is 71.8 Å². The van der Waals surface area contributed by atoms with Crippen LogP contribution in [0.2, 0.25) is 0 Å². The Morgan fingerprint density at radius 3 is 2.45 bits per heavy atom. The fourth-order valence-electron chi connectivity index (χ4n) is 9.03. The molecule has 0 saturated carbocycles. The average molecular weight is 843 g/mol. The Morgan fingerprint density at radius 2 is 1.82 bits per heavy atom. The third-order valence-corrected chi connectivity index (χ3v) is 12.3. The van der Waals surface area contributed by atoms with Gasteiger partial charge in [-0.1, -0.05) is 39.0 Å². The molecular formula is C43H70N8O9. The van der Waals surface area contributed by atoms with Gasteiger partial charge >= 0.3 is 12.1 Å². The van der Waals surface area contributed by atoms with E-state index in [1.165, 1.54) is 6.92 Å². The first-order chi connectivity index (χ1) is 28.5. The number of esters is 1. The van der Waals surface area contributed by atoms with Crippen LogP contribution in [0.15, 0.2) is 24.4 Å². The van der Waals surface area contributed by atoms with Crippen molar-refractivity contribution in [2.75, 3.05) is 39.5 Å². The van der Waals surface area contributed by atoms with Crippen molar-refractivity contribution in [3.8, 4) is 11.4 Å². The molecule has 2 saturated heterocycles. The van der Waals surface area contributed by atoms with Crippen LogP contribution in [0.25, 0.3) is 11.4 Å². The van der Waals surface area contributed by atoms with Crippen LogP contribution in [0.5, 0.6) is 0 Å². The van der Waals surface area contributed by atoms with E-state index in [4.69, 9.17) is 24.7 Å². The summed E-state index contributed by atoms with van der Waals surface area (Å²) in [5.41, 5.74) is 5.82. The number of aryl methyl sites for hydroxylation is 1. The Hall–Kier alpha value is -4.03. The van der Waals surface area contributed by atoms with Crippen LogP contribution in [0.4, 0.5) is 10.6 Å². The van der Waals surface area contributed by atoms with Crippen molar-refractivity contribution in [1.29, 1.82) is 0 Å². The van der Waals surface area contributed by atoms with E-state index in [0.717, 1.165) is 6.29 Å². The summed E-state index contributed by atoms with van der Waals surface area (Å²) in [5, 5.41) is 23.7. The average Bonchev–Trinajstić information content (AvgIpc) is 3.79. The quantitative estimate of drug-likeness (QED) is 0.0672. The monoisotopic (exact) mass is 843 g/mol. The van der Waals surface area contributed by atoms with Crippen molar-refractivity contribution >= 4 is 29.9 Å². The molecule has 4 rings (SSSR count). The number of aliphatic hydroxyl groups is 1. The zero-order valence-electron chi connectivity index (χ0n) is 37.3. The van der Waals surface area contributed by atoms with Crippen molar-refractivity contribution < 1.29 is 43.2 Å². The summed E-state index contributed by atoms with van der Waals surface area (Å²) >= 11 is 0. The number of ether oxygens (including phenoxy) is 4. The normalized spacial score (nSPS) is 29.9. The van der Waals surface area contributed by atoms with Gasteiger partial charge in [-0.3, -0.25) is 19.2 Å². The number of carbonyl (C=O) groups excluding carboxylic acids is 4. The summed E-state index contributed by atoms with van der Waals surface area (Å²) in [4.78, 5) is 62.3. The van der Waals surface area contributed by atoms with Crippen molar-refractivity contribution in [1.82, 2.24) is 35.1 Å². The van der Waals surface area contributed by atoms with Crippen LogP contribution in [0.1, 0.15) is 93.9 Å². The summed E-state index contributed by atoms with van der Waals surface area (Å²) in [7, 11) is 3.73. The van der Waals surface area contributed by atoms with E-state index in [9.17, 15) is 24.3 Å². The molecule has 0 bridgehead atoms. The van der Waals surface area contributed by atoms with Gasteiger partial charge in [0.1, 0.15) is 35.9 Å². The van der Waals surface area contributed by atoms with Crippen molar-refractivity contribution in [3.63, 3.8) is 0 Å². The number of cyclic esters (lactones) is 1. The van der Waals surface area contributed by atoms with E-state index in [1.54, 1.807) is 36.4 Å². The Kier molecular flexibility index (Phi) is 18.0. The van der Waals surface area contributed by atoms with Crippen LogP contribution >= 0.6 is 0 Å². The summed E-state index contributed by atoms with van der Waals surface area (Å²) in [6.07, 6.45) is 1.02. The van der Waals surface area contributed by atoms with Crippen LogP contribution in [0, 0.1) is 23.7 Å². The van der Waals surface area contributed by atoms with Crippen LogP contribution in [-0.2, 0) is 39.9 Å². The van der Waals surface area contributed by atoms with Crippen molar-refractivity contribution in [2.45, 2.75) is 149 Å². The molecule has 60 heavy (non-hydrogen) atoms. The van der Waals surface area contributed by atoms with Crippen LogP contribution in [-0.4, -0.2) is 141 Å². The second kappa shape index (κ2) is 22.2. The van der Waals surface area contributed by atoms with Gasteiger partial charge in [0.2, 0.25) is 0 Å². The SMILES string of the molecule is CCO[C@@H](O[C@H]1[C@@H](CC=O)C[C@@H](C)CN[C@H](C)[C@H]2N(CCCCn3cc(-c4cccc(N)n4)nn3)C(=O)O[C@]2(C)[C@@H](CC)OC(=O)[C@H](C)C(=O)[C@@H]1C)C(O)C(CC)N(C)C. The number of Topliss-reactive ketones (excluding diaryl/α,β-unsaturated/α-hetero) is 1. The zero-order valence-corrected chi connectivity index (χ0v) is 37.3. The number of hydrogen-bond donors (Lipinski definition) is 3. The number of amides is 1. The number of fused-ring (bicyclic) bond motifs is 1. The van der Waals surface area contributed by atoms with Gasteiger partial charge in [-0.25, -0.2) is 9.78 Å². The highest BCUT2D eigenvalue weighted by atomic mass is 16.7. The van der Waals surface area contributed by atoms with E-state index >= 15 is 0 Å². The molecule has 2 aromatic rings. The molecule has 4 N–H and O–H groups in total. The molecule has 2 aliphatic rings. The van der Waals surface area contributed by atoms with E-state index in [1.807, 2.05) is 58.1 Å². The van der Waals surface area contributed by atoms with Gasteiger partial charge < -0.3 is 44.8 Å². The third-order valence-electron chi connectivity index (χ3n) is 12.3. The maximum Gasteiger partial charge on any atom is 0.410 e. The molecule has 336 valence electrons. The molecule has 2 aromatic heterocycles. The summed E-state index contributed by atoms with van der Waals surface area (Å²) in [5.74, 6) is -3.35. The first-order valence-electron chi connectivity index (χ1n) is 21.7. The number of aldehydes is 1. The lowest BCUT2D eigenvalue weighted by atomic mass is 9.79. The molecule has 2 unspecified atom stereocenters. The first-order valence-corrected chi connectivity index (χ1v) is 21.7. The number of rotatable bonds is 17. The number of carbonyl (C=O) groups is 4. The number of nitrogens with one attached hydrogen (secondary N) is 1. The minimum absolute atomic E-state index is 0.0262. The highest BCUT2D eigenvalue weighted by Gasteiger charge is 2.58. The Labute approximate surface area is 355 Å². The minimum atomic E-state index is -1.26. The maximum absolute atomic E-state index is 14.3. The number of anilines is 1. The number of pyridine rings is 1. The standard InChI is InChI=1S/C43H70N8O9/c1-11-33(49(9)10)37(54)41(57-13-3)59-38-27(5)36(53)28(6)40(55)58-34(12-2)43(8)39(29(7)45-24-26(4)23-30(38)19-22-52)51(42(56)60-43)21-15-14-20-50-25-32(47-48-50)31-17-16-18-35(44)46-31/h16-18,22,25-30,33-34,37-39,41,45,54H,11-15,19-21,23-24H2,1-10H3,(H2,44,46)/t26-,27+,28-,29-,30+,33?,34-,37?,38-,39-,41+,43-/m1/s1. The summed E-state index contributed by atoms with van der Waals surface area (Å²) in [6.45, 7) is 16.3. The highest BCUT2D eigenvalue weighted by molar-refractivity contribution is 6.00. The van der Waals surface area contributed by atoms with Crippen molar-refractivity contribution in [2.24, 2.45) is 23.7 Å². The van der Waals surface area contributed by atoms with E-state index in [2.05, 4.69) is 27.5 Å². The number of nitrogens with zero attached hydrogens (tertiary/aromatic N) is 6. The molecule has 0 aliphatic carbocycles. The van der Waals surface area contributed by atoms with E-state index in [0.29, 0.717) is 68.9 Å². The van der Waals surface area contributed by atoms with Crippen LogP contribution in [0.3, 0.4) is 0 Å². The molecule has 4 heterocycles. The number of nitrogen functional groups attached to an aromatic ring is 1. The lowest BCUT2D eigenvalue weighted by molar-refractivity contribution is -0.241. The number of hydrogen-bond acceptors (Lipinski definition) is 15. The van der Waals surface area contributed by atoms with Gasteiger partial charge in [0.25, 0.3) is 0 Å². The number of likely N-dealkylation sites (N-methyl/N-ethyl adjacent to an activating group) is 1. The molecule has 2 aliphatic heterocycles. The highest BCUT2D eigenvalue weighted by Crippen LogP contribution is 2.39. The summed E-state index contributed by atoms with van der Waals surface area (Å²) in [6, 6.07) is 4.16. The topological polar surface area (TPSA) is 214 Å². The molecule has 17 heteroatoms. The number of aliphatic hydroxyl groups excluding tert-OH is 1. The summed E-state index contributed by atoms with van der Waals surface area (Å²) < 4.78 is 26.7. The maximum atomic E-state index is 14.3. The van der Waals surface area contributed by atoms with Gasteiger partial charge in [0.15, 0.2) is 17.7 Å². The van der Waals surface area contributed by atoms with Gasteiger partial charge in [0, 0.05) is 44.1 Å². The number of ketones is 1. The molecule has 2 fully saturated rings. The molecule has 17 nitrogen and oxygen atoms in total. The second-order valence-corrected chi connectivity index (χ2v) is 17.0. The van der Waals surface area contributed by atoms with Gasteiger partial charge in [0.05, 0.1) is 24.0 Å². The molecule has 0 spiro atoms.